The average molecular weight is 414 g/mol. The number of benzene rings is 1. The fraction of sp³-hybridized carbons (Fsp3) is 0.750. The highest BCUT2D eigenvalue weighted by atomic mass is 19.1. The lowest BCUT2D eigenvalue weighted by atomic mass is 9.42. The molecule has 5 aliphatic rings. The molecule has 1 atom stereocenters. The molecule has 4 nitrogen and oxygen atoms in total. The molecule has 2 bridgehead atoms. The van der Waals surface area contributed by atoms with Gasteiger partial charge in [-0.1, -0.05) is 25.5 Å². The van der Waals surface area contributed by atoms with E-state index in [1.807, 2.05) is 0 Å². The fourth-order valence-electron chi connectivity index (χ4n) is 6.28. The van der Waals surface area contributed by atoms with Crippen LogP contribution in [0.25, 0.3) is 0 Å². The Balaban J connectivity index is 1.16. The van der Waals surface area contributed by atoms with Crippen molar-refractivity contribution in [2.75, 3.05) is 37.6 Å². The molecule has 0 radical (unpaired) electrons. The zero-order valence-electron chi connectivity index (χ0n) is 19.0. The maximum atomic E-state index is 13.8. The first-order chi connectivity index (χ1) is 14.2. The van der Waals surface area contributed by atoms with Crippen molar-refractivity contribution in [3.05, 3.63) is 24.3 Å². The molecule has 1 aromatic carbocycles. The molecule has 1 aromatic rings. The van der Waals surface area contributed by atoms with Crippen molar-refractivity contribution < 1.29 is 13.7 Å². The van der Waals surface area contributed by atoms with E-state index >= 15 is 0 Å². The molecule has 3 aliphatic carbocycles. The maximum absolute atomic E-state index is 13.8. The Hall–Kier alpha value is -1.11. The summed E-state index contributed by atoms with van der Waals surface area (Å²) in [7, 11) is -0.297. The number of alkyl halides is 1. The van der Waals surface area contributed by atoms with Crippen molar-refractivity contribution in [2.45, 2.75) is 76.7 Å². The van der Waals surface area contributed by atoms with E-state index < -0.39 is 5.67 Å². The van der Waals surface area contributed by atoms with Crippen LogP contribution in [0.2, 0.25) is 0 Å². The zero-order valence-corrected chi connectivity index (χ0v) is 19.0. The molecule has 0 amide bonds. The van der Waals surface area contributed by atoms with Crippen LogP contribution in [-0.4, -0.2) is 61.6 Å². The monoisotopic (exact) mass is 414 g/mol. The van der Waals surface area contributed by atoms with E-state index in [9.17, 15) is 4.39 Å². The quantitative estimate of drug-likeness (QED) is 0.662. The minimum atomic E-state index is -0.778. The van der Waals surface area contributed by atoms with Gasteiger partial charge >= 0.3 is 7.12 Å². The van der Waals surface area contributed by atoms with Crippen LogP contribution >= 0.6 is 0 Å². The smallest absolute Gasteiger partial charge is 0.399 e. The number of piperazine rings is 1. The second kappa shape index (κ2) is 6.95. The molecule has 30 heavy (non-hydrogen) atoms. The van der Waals surface area contributed by atoms with Crippen LogP contribution in [0, 0.1) is 5.41 Å². The summed E-state index contributed by atoms with van der Waals surface area (Å²) in [5, 5.41) is 0. The van der Waals surface area contributed by atoms with E-state index in [-0.39, 0.29) is 18.3 Å². The number of hydrogen-bond acceptors (Lipinski definition) is 4. The van der Waals surface area contributed by atoms with Gasteiger partial charge in [0.1, 0.15) is 5.67 Å². The maximum Gasteiger partial charge on any atom is 0.494 e. The van der Waals surface area contributed by atoms with E-state index in [2.05, 4.69) is 61.8 Å². The molecular weight excluding hydrogens is 378 g/mol. The highest BCUT2D eigenvalue weighted by Gasteiger charge is 2.69. The summed E-state index contributed by atoms with van der Waals surface area (Å²) < 4.78 is 26.5. The van der Waals surface area contributed by atoms with E-state index in [0.717, 1.165) is 70.3 Å². The Morgan fingerprint density at radius 1 is 0.967 bits per heavy atom. The van der Waals surface area contributed by atoms with Gasteiger partial charge in [0.25, 0.3) is 0 Å². The summed E-state index contributed by atoms with van der Waals surface area (Å²) in [6, 6.07) is 8.72. The van der Waals surface area contributed by atoms with E-state index in [4.69, 9.17) is 9.31 Å². The Morgan fingerprint density at radius 2 is 1.60 bits per heavy atom. The van der Waals surface area contributed by atoms with E-state index in [0.29, 0.717) is 5.41 Å². The van der Waals surface area contributed by atoms with Crippen LogP contribution in [-0.2, 0) is 9.31 Å². The van der Waals surface area contributed by atoms with Crippen molar-refractivity contribution in [3.8, 4) is 0 Å². The minimum absolute atomic E-state index is 0.260. The van der Waals surface area contributed by atoms with Crippen LogP contribution in [0.3, 0.4) is 0 Å². The predicted molar refractivity (Wildman–Crippen MR) is 120 cm³/mol. The predicted octanol–water partition coefficient (Wildman–Crippen LogP) is 3.78. The van der Waals surface area contributed by atoms with Gasteiger partial charge in [-0.3, -0.25) is 4.90 Å². The lowest BCUT2D eigenvalue weighted by molar-refractivity contribution is -0.221. The first kappa shape index (κ1) is 20.8. The van der Waals surface area contributed by atoms with E-state index in [1.165, 1.54) is 5.69 Å². The zero-order chi connectivity index (χ0) is 21.2. The Labute approximate surface area is 181 Å². The van der Waals surface area contributed by atoms with Crippen LogP contribution in [0.5, 0.6) is 0 Å². The van der Waals surface area contributed by atoms with Gasteiger partial charge in [0, 0.05) is 38.4 Å². The van der Waals surface area contributed by atoms with Gasteiger partial charge in [-0.05, 0) is 69.5 Å². The van der Waals surface area contributed by atoms with Gasteiger partial charge in [0.05, 0.1) is 11.2 Å². The van der Waals surface area contributed by atoms with Crippen LogP contribution < -0.4 is 10.4 Å². The number of rotatable bonds is 6. The van der Waals surface area contributed by atoms with Crippen LogP contribution in [0.15, 0.2) is 24.3 Å². The number of nitrogens with zero attached hydrogens (tertiary/aromatic N) is 2. The Bertz CT molecular complexity index is 773. The first-order valence-corrected chi connectivity index (χ1v) is 11.8. The molecule has 6 rings (SSSR count). The van der Waals surface area contributed by atoms with Crippen molar-refractivity contribution in [2.24, 2.45) is 5.41 Å². The summed E-state index contributed by atoms with van der Waals surface area (Å²) in [6.07, 6.45) is 4.49. The molecule has 0 spiro atoms. The normalized spacial score (nSPS) is 37.8. The van der Waals surface area contributed by atoms with Crippen molar-refractivity contribution in [1.82, 2.24) is 4.90 Å². The lowest BCUT2D eigenvalue weighted by Gasteiger charge is -2.67. The topological polar surface area (TPSA) is 24.9 Å². The SMILES string of the molecule is CCCC1(C)OB(c2ccc(N3CCN(CC45CC(F)(C4)C5)CC3)cc2)OC1(C)C. The van der Waals surface area contributed by atoms with Gasteiger partial charge in [-0.2, -0.15) is 0 Å². The number of anilines is 1. The van der Waals surface area contributed by atoms with Gasteiger partial charge in [-0.25, -0.2) is 4.39 Å². The van der Waals surface area contributed by atoms with E-state index in [1.54, 1.807) is 0 Å². The third kappa shape index (κ3) is 3.39. The minimum Gasteiger partial charge on any atom is -0.399 e. The Morgan fingerprint density at radius 3 is 2.17 bits per heavy atom. The summed E-state index contributed by atoms with van der Waals surface area (Å²) in [4.78, 5) is 5.00. The van der Waals surface area contributed by atoms with Gasteiger partial charge in [-0.15, -0.1) is 0 Å². The second-order valence-corrected chi connectivity index (χ2v) is 11.1. The standard InChI is InChI=1S/C24H36BFN2O2/c1-5-10-22(4)21(2,3)29-25(30-22)19-6-8-20(9-7-19)28-13-11-27(12-14-28)18-23-15-24(26,16-23)17-23/h6-9H,5,10-18H2,1-4H3. The first-order valence-electron chi connectivity index (χ1n) is 11.8. The van der Waals surface area contributed by atoms with Gasteiger partial charge in [0.15, 0.2) is 0 Å². The molecular formula is C24H36BFN2O2. The molecule has 0 N–H and O–H groups in total. The lowest BCUT2D eigenvalue weighted by Crippen LogP contribution is -2.68. The van der Waals surface area contributed by atoms with Crippen molar-refractivity contribution in [1.29, 1.82) is 0 Å². The molecule has 6 heteroatoms. The van der Waals surface area contributed by atoms with Gasteiger partial charge in [0.2, 0.25) is 0 Å². The molecule has 5 fully saturated rings. The molecule has 164 valence electrons. The van der Waals surface area contributed by atoms with Crippen LogP contribution in [0.1, 0.15) is 59.8 Å². The molecule has 2 saturated heterocycles. The van der Waals surface area contributed by atoms with Crippen molar-refractivity contribution in [3.63, 3.8) is 0 Å². The molecule has 2 heterocycles. The fourth-order valence-corrected chi connectivity index (χ4v) is 6.28. The largest absolute Gasteiger partial charge is 0.494 e. The third-order valence-corrected chi connectivity index (χ3v) is 8.31. The van der Waals surface area contributed by atoms with Gasteiger partial charge < -0.3 is 14.2 Å². The molecule has 2 aliphatic heterocycles. The summed E-state index contributed by atoms with van der Waals surface area (Å²) in [5.74, 6) is 0. The number of halogens is 1. The second-order valence-electron chi connectivity index (χ2n) is 11.1. The molecule has 1 unspecified atom stereocenters. The highest BCUT2D eigenvalue weighted by molar-refractivity contribution is 6.62. The Kier molecular flexibility index (Phi) is 4.81. The summed E-state index contributed by atoms with van der Waals surface area (Å²) in [5.41, 5.74) is 1.34. The van der Waals surface area contributed by atoms with Crippen molar-refractivity contribution >= 4 is 18.3 Å². The summed E-state index contributed by atoms with van der Waals surface area (Å²) >= 11 is 0. The van der Waals surface area contributed by atoms with Crippen LogP contribution in [0.4, 0.5) is 10.1 Å². The average Bonchev–Trinajstić information content (AvgIpc) is 2.90. The third-order valence-electron chi connectivity index (χ3n) is 8.31. The molecule has 3 saturated carbocycles. The number of hydrogen-bond donors (Lipinski definition) is 0. The summed E-state index contributed by atoms with van der Waals surface area (Å²) in [6.45, 7) is 13.9. The highest BCUT2D eigenvalue weighted by Crippen LogP contribution is 2.69. The molecule has 0 aromatic heterocycles.